The minimum absolute atomic E-state index is 0.0582. The summed E-state index contributed by atoms with van der Waals surface area (Å²) in [6, 6.07) is 1.79. The lowest BCUT2D eigenvalue weighted by molar-refractivity contribution is -0.384. The van der Waals surface area contributed by atoms with Gasteiger partial charge in [0, 0.05) is 19.3 Å². The quantitative estimate of drug-likeness (QED) is 0.634. The summed E-state index contributed by atoms with van der Waals surface area (Å²) in [5, 5.41) is 14.9. The third-order valence-corrected chi connectivity index (χ3v) is 3.09. The first-order valence-corrected chi connectivity index (χ1v) is 6.19. The zero-order chi connectivity index (χ0) is 14.0. The summed E-state index contributed by atoms with van der Waals surface area (Å²) in [6.45, 7) is 2.20. The van der Waals surface area contributed by atoms with Crippen LogP contribution in [-0.2, 0) is 6.54 Å². The molecule has 0 aliphatic rings. The zero-order valence-electron chi connectivity index (χ0n) is 10.3. The van der Waals surface area contributed by atoms with E-state index in [0.717, 1.165) is 0 Å². The van der Waals surface area contributed by atoms with Crippen LogP contribution >= 0.6 is 15.9 Å². The topological polar surface area (TPSA) is 85.3 Å². The molecular formula is C11H11BrN4O3. The van der Waals surface area contributed by atoms with Crippen LogP contribution in [-0.4, -0.2) is 22.1 Å². The van der Waals surface area contributed by atoms with Crippen molar-refractivity contribution in [2.75, 3.05) is 11.9 Å². The molecule has 8 heteroatoms. The first kappa shape index (κ1) is 13.5. The number of aromatic nitrogens is 2. The number of nitrogens with zero attached hydrogens (tertiary/aromatic N) is 4. The number of pyridine rings is 1. The van der Waals surface area contributed by atoms with Gasteiger partial charge in [-0.15, -0.1) is 0 Å². The van der Waals surface area contributed by atoms with Gasteiger partial charge in [-0.25, -0.2) is 0 Å². The van der Waals surface area contributed by atoms with Crippen LogP contribution in [0.5, 0.6) is 0 Å². The third kappa shape index (κ3) is 2.90. The molecule has 0 fully saturated rings. The fraction of sp³-hybridized carbons (Fsp3) is 0.273. The van der Waals surface area contributed by atoms with Gasteiger partial charge < -0.3 is 9.42 Å². The Morgan fingerprint density at radius 1 is 1.53 bits per heavy atom. The van der Waals surface area contributed by atoms with Crippen molar-refractivity contribution in [3.8, 4) is 0 Å². The molecule has 0 N–H and O–H groups in total. The molecule has 0 radical (unpaired) electrons. The highest BCUT2D eigenvalue weighted by Gasteiger charge is 2.21. The van der Waals surface area contributed by atoms with Crippen LogP contribution in [0.25, 0.3) is 0 Å². The molecule has 0 unspecified atom stereocenters. The van der Waals surface area contributed by atoms with Gasteiger partial charge in [0.2, 0.25) is 0 Å². The van der Waals surface area contributed by atoms with Crippen LogP contribution in [0.1, 0.15) is 11.5 Å². The van der Waals surface area contributed by atoms with Gasteiger partial charge in [-0.1, -0.05) is 5.16 Å². The molecule has 0 saturated heterocycles. The van der Waals surface area contributed by atoms with Gasteiger partial charge in [-0.2, -0.15) is 0 Å². The highest BCUT2D eigenvalue weighted by molar-refractivity contribution is 9.10. The van der Waals surface area contributed by atoms with Crippen molar-refractivity contribution in [1.82, 2.24) is 10.1 Å². The van der Waals surface area contributed by atoms with E-state index in [9.17, 15) is 10.1 Å². The predicted octanol–water partition coefficient (Wildman–Crippen LogP) is 2.69. The standard InChI is InChI=1S/C11H11BrN4O3/c1-7-3-8(14-19-7)6-15(2)11-9(12)4-13-5-10(11)16(17)18/h3-5H,6H2,1-2H3. The van der Waals surface area contributed by atoms with Crippen LogP contribution < -0.4 is 4.90 Å². The number of hydrogen-bond donors (Lipinski definition) is 0. The van der Waals surface area contributed by atoms with Gasteiger partial charge in [0.05, 0.1) is 15.9 Å². The summed E-state index contributed by atoms with van der Waals surface area (Å²) in [5.41, 5.74) is 1.11. The minimum atomic E-state index is -0.461. The molecule has 2 aromatic rings. The lowest BCUT2D eigenvalue weighted by atomic mass is 10.3. The Bertz CT molecular complexity index is 614. The number of halogens is 1. The lowest BCUT2D eigenvalue weighted by Gasteiger charge is -2.18. The van der Waals surface area contributed by atoms with Crippen LogP contribution in [0.3, 0.4) is 0 Å². The van der Waals surface area contributed by atoms with Gasteiger partial charge in [-0.05, 0) is 22.9 Å². The van der Waals surface area contributed by atoms with Gasteiger partial charge in [0.15, 0.2) is 0 Å². The van der Waals surface area contributed by atoms with Crippen molar-refractivity contribution in [3.05, 3.63) is 44.5 Å². The fourth-order valence-electron chi connectivity index (χ4n) is 1.74. The molecule has 0 amide bonds. The van der Waals surface area contributed by atoms with Crippen molar-refractivity contribution in [2.24, 2.45) is 0 Å². The first-order valence-electron chi connectivity index (χ1n) is 5.40. The smallest absolute Gasteiger partial charge is 0.311 e. The Morgan fingerprint density at radius 3 is 2.84 bits per heavy atom. The highest BCUT2D eigenvalue weighted by Crippen LogP contribution is 2.34. The second kappa shape index (κ2) is 5.35. The summed E-state index contributed by atoms with van der Waals surface area (Å²) in [6.07, 6.45) is 2.75. The van der Waals surface area contributed by atoms with E-state index in [4.69, 9.17) is 4.52 Å². The SMILES string of the molecule is Cc1cc(CN(C)c2c(Br)cncc2[N+](=O)[O-])no1. The molecule has 0 aliphatic carbocycles. The average molecular weight is 327 g/mol. The van der Waals surface area contributed by atoms with E-state index in [-0.39, 0.29) is 5.69 Å². The predicted molar refractivity (Wildman–Crippen MR) is 71.9 cm³/mol. The Morgan fingerprint density at radius 2 is 2.26 bits per heavy atom. The number of hydrogen-bond acceptors (Lipinski definition) is 6. The molecule has 0 bridgehead atoms. The lowest BCUT2D eigenvalue weighted by Crippen LogP contribution is -2.18. The number of nitro groups is 1. The molecule has 100 valence electrons. The van der Waals surface area contributed by atoms with Crippen LogP contribution in [0.15, 0.2) is 27.5 Å². The molecule has 7 nitrogen and oxygen atoms in total. The molecule has 0 saturated carbocycles. The first-order chi connectivity index (χ1) is 8.99. The number of aryl methyl sites for hydroxylation is 1. The van der Waals surface area contributed by atoms with Crippen LogP contribution in [0.4, 0.5) is 11.4 Å². The molecule has 0 aliphatic heterocycles. The summed E-state index contributed by atoms with van der Waals surface area (Å²) in [5.74, 6) is 0.701. The van der Waals surface area contributed by atoms with E-state index in [1.54, 1.807) is 24.9 Å². The van der Waals surface area contributed by atoms with E-state index in [1.165, 1.54) is 12.4 Å². The summed E-state index contributed by atoms with van der Waals surface area (Å²) in [4.78, 5) is 16.1. The van der Waals surface area contributed by atoms with E-state index in [1.807, 2.05) is 0 Å². The van der Waals surface area contributed by atoms with E-state index < -0.39 is 4.92 Å². The number of anilines is 1. The van der Waals surface area contributed by atoms with E-state index >= 15 is 0 Å². The molecule has 0 atom stereocenters. The molecule has 0 aromatic carbocycles. The second-order valence-corrected chi connectivity index (χ2v) is 4.89. The molecule has 19 heavy (non-hydrogen) atoms. The maximum absolute atomic E-state index is 11.0. The monoisotopic (exact) mass is 326 g/mol. The Labute approximate surface area is 117 Å². The van der Waals surface area contributed by atoms with Crippen molar-refractivity contribution >= 4 is 27.3 Å². The molecule has 2 heterocycles. The molecule has 0 spiro atoms. The Kier molecular flexibility index (Phi) is 3.79. The summed E-state index contributed by atoms with van der Waals surface area (Å²) in [7, 11) is 1.75. The Hall–Kier alpha value is -1.96. The van der Waals surface area contributed by atoms with Crippen molar-refractivity contribution < 1.29 is 9.45 Å². The number of rotatable bonds is 4. The van der Waals surface area contributed by atoms with Crippen molar-refractivity contribution in [3.63, 3.8) is 0 Å². The normalized spacial score (nSPS) is 10.5. The largest absolute Gasteiger partial charge is 0.362 e. The maximum atomic E-state index is 11.0. The zero-order valence-corrected chi connectivity index (χ0v) is 11.9. The highest BCUT2D eigenvalue weighted by atomic mass is 79.9. The average Bonchev–Trinajstić information content (AvgIpc) is 2.74. The summed E-state index contributed by atoms with van der Waals surface area (Å²) >= 11 is 3.28. The fourth-order valence-corrected chi connectivity index (χ4v) is 2.37. The van der Waals surface area contributed by atoms with Gasteiger partial charge in [0.1, 0.15) is 23.3 Å². The second-order valence-electron chi connectivity index (χ2n) is 4.03. The van der Waals surface area contributed by atoms with Crippen molar-refractivity contribution in [1.29, 1.82) is 0 Å². The van der Waals surface area contributed by atoms with Crippen LogP contribution in [0.2, 0.25) is 0 Å². The Balaban J connectivity index is 2.32. The van der Waals surface area contributed by atoms with Crippen molar-refractivity contribution in [2.45, 2.75) is 13.5 Å². The molecule has 2 aromatic heterocycles. The molecular weight excluding hydrogens is 316 g/mol. The van der Waals surface area contributed by atoms with Gasteiger partial charge in [-0.3, -0.25) is 15.1 Å². The minimum Gasteiger partial charge on any atom is -0.362 e. The molecule has 2 rings (SSSR count). The van der Waals surface area contributed by atoms with Gasteiger partial charge >= 0.3 is 5.69 Å². The van der Waals surface area contributed by atoms with Crippen LogP contribution in [0, 0.1) is 17.0 Å². The van der Waals surface area contributed by atoms with E-state index in [0.29, 0.717) is 28.2 Å². The van der Waals surface area contributed by atoms with E-state index in [2.05, 4.69) is 26.1 Å². The third-order valence-electron chi connectivity index (χ3n) is 2.51. The summed E-state index contributed by atoms with van der Waals surface area (Å²) < 4.78 is 5.53. The maximum Gasteiger partial charge on any atom is 0.311 e. The van der Waals surface area contributed by atoms with Gasteiger partial charge in [0.25, 0.3) is 0 Å².